The largest absolute Gasteiger partial charge is 0.436 e. The average Bonchev–Trinajstić information content (AvgIpc) is 2.16. The summed E-state index contributed by atoms with van der Waals surface area (Å²) in [5.74, 6) is 2.69. The topological polar surface area (TPSA) is 35.5 Å². The van der Waals surface area contributed by atoms with Crippen molar-refractivity contribution in [1.29, 1.82) is 0 Å². The van der Waals surface area contributed by atoms with Crippen molar-refractivity contribution in [2.45, 2.75) is 33.0 Å². The Bertz CT molecular complexity index is 176. The number of ether oxygens (including phenoxy) is 2. The van der Waals surface area contributed by atoms with Crippen LogP contribution >= 0.6 is 11.8 Å². The molecule has 82 valence electrons. The zero-order chi connectivity index (χ0) is 10.4. The summed E-state index contributed by atoms with van der Waals surface area (Å²) in [5, 5.41) is 0. The third kappa shape index (κ3) is 4.33. The number of thioether (sulfide) groups is 1. The van der Waals surface area contributed by atoms with Crippen molar-refractivity contribution in [3.63, 3.8) is 0 Å². The van der Waals surface area contributed by atoms with Crippen LogP contribution in [0.25, 0.3) is 0 Å². The molecule has 4 heteroatoms. The van der Waals surface area contributed by atoms with Gasteiger partial charge in [-0.25, -0.2) is 0 Å². The summed E-state index contributed by atoms with van der Waals surface area (Å²) in [7, 11) is 0. The highest BCUT2D eigenvalue weighted by molar-refractivity contribution is 7.99. The molecule has 1 rings (SSSR count). The Morgan fingerprint density at radius 1 is 1.57 bits per heavy atom. The van der Waals surface area contributed by atoms with Crippen LogP contribution in [0.2, 0.25) is 0 Å². The lowest BCUT2D eigenvalue weighted by Crippen LogP contribution is -2.30. The molecule has 0 aromatic rings. The lowest BCUT2D eigenvalue weighted by molar-refractivity contribution is -0.189. The highest BCUT2D eigenvalue weighted by atomic mass is 32.2. The summed E-state index contributed by atoms with van der Waals surface area (Å²) in [6.07, 6.45) is 1.65. The monoisotopic (exact) mass is 218 g/mol. The summed E-state index contributed by atoms with van der Waals surface area (Å²) in [6.45, 7) is 4.31. The first-order chi connectivity index (χ1) is 6.72. The minimum atomic E-state index is -0.296. The second kappa shape index (κ2) is 6.30. The van der Waals surface area contributed by atoms with Gasteiger partial charge in [0.25, 0.3) is 0 Å². The zero-order valence-corrected chi connectivity index (χ0v) is 9.64. The molecular formula is C10H18O3S. The first kappa shape index (κ1) is 11.9. The number of carbonyl (C=O) groups excluding carboxylic acids is 1. The van der Waals surface area contributed by atoms with Crippen LogP contribution in [0.3, 0.4) is 0 Å². The van der Waals surface area contributed by atoms with E-state index >= 15 is 0 Å². The van der Waals surface area contributed by atoms with E-state index in [2.05, 4.69) is 6.92 Å². The van der Waals surface area contributed by atoms with Gasteiger partial charge in [-0.15, -0.1) is 0 Å². The van der Waals surface area contributed by atoms with Crippen molar-refractivity contribution < 1.29 is 14.3 Å². The fourth-order valence-electron chi connectivity index (χ4n) is 1.48. The van der Waals surface area contributed by atoms with Crippen molar-refractivity contribution in [2.24, 2.45) is 5.92 Å². The molecule has 0 N–H and O–H groups in total. The van der Waals surface area contributed by atoms with Crippen LogP contribution in [0.1, 0.15) is 26.7 Å². The van der Waals surface area contributed by atoms with Gasteiger partial charge in [-0.2, -0.15) is 11.8 Å². The van der Waals surface area contributed by atoms with E-state index in [0.29, 0.717) is 5.92 Å². The number of hydrogen-bond donors (Lipinski definition) is 0. The predicted molar refractivity (Wildman–Crippen MR) is 57.2 cm³/mol. The van der Waals surface area contributed by atoms with E-state index in [9.17, 15) is 4.79 Å². The summed E-state index contributed by atoms with van der Waals surface area (Å²) in [4.78, 5) is 10.7. The molecule has 0 aromatic carbocycles. The fraction of sp³-hybridized carbons (Fsp3) is 0.900. The minimum Gasteiger partial charge on any atom is -0.436 e. The maximum absolute atomic E-state index is 10.7. The van der Waals surface area contributed by atoms with Gasteiger partial charge >= 0.3 is 5.97 Å². The molecule has 3 nitrogen and oxygen atoms in total. The lowest BCUT2D eigenvalue weighted by Gasteiger charge is -2.27. The molecule has 0 spiro atoms. The van der Waals surface area contributed by atoms with E-state index in [1.54, 1.807) is 0 Å². The molecule has 1 fully saturated rings. The van der Waals surface area contributed by atoms with Gasteiger partial charge < -0.3 is 9.47 Å². The number of carbonyl (C=O) groups is 1. The molecule has 1 heterocycles. The maximum atomic E-state index is 10.7. The summed E-state index contributed by atoms with van der Waals surface area (Å²) >= 11 is 1.94. The van der Waals surface area contributed by atoms with Gasteiger partial charge in [0.1, 0.15) is 0 Å². The molecule has 0 amide bonds. The van der Waals surface area contributed by atoms with Crippen LogP contribution in [0.5, 0.6) is 0 Å². The summed E-state index contributed by atoms with van der Waals surface area (Å²) in [6, 6.07) is 0. The molecule has 0 bridgehead atoms. The molecule has 1 saturated heterocycles. The quantitative estimate of drug-likeness (QED) is 0.677. The van der Waals surface area contributed by atoms with Crippen molar-refractivity contribution in [1.82, 2.24) is 0 Å². The van der Waals surface area contributed by atoms with E-state index in [1.807, 2.05) is 11.8 Å². The Hall–Kier alpha value is -0.220. The van der Waals surface area contributed by atoms with E-state index < -0.39 is 0 Å². The molecule has 14 heavy (non-hydrogen) atoms. The van der Waals surface area contributed by atoms with Gasteiger partial charge in [0.05, 0.1) is 6.61 Å². The van der Waals surface area contributed by atoms with Gasteiger partial charge in [0, 0.05) is 13.3 Å². The maximum Gasteiger partial charge on any atom is 0.304 e. The highest BCUT2D eigenvalue weighted by Gasteiger charge is 2.23. The van der Waals surface area contributed by atoms with Gasteiger partial charge in [0.15, 0.2) is 0 Å². The average molecular weight is 218 g/mol. The van der Waals surface area contributed by atoms with Crippen LogP contribution in [0.15, 0.2) is 0 Å². The Morgan fingerprint density at radius 3 is 2.86 bits per heavy atom. The lowest BCUT2D eigenvalue weighted by atomic mass is 10.0. The second-order valence-electron chi connectivity index (χ2n) is 3.48. The highest BCUT2D eigenvalue weighted by Crippen LogP contribution is 2.22. The van der Waals surface area contributed by atoms with Gasteiger partial charge in [-0.3, -0.25) is 4.79 Å². The SMILES string of the molecule is CCSC[C@@H]1CCC(OC(C)=O)OC1. The Balaban J connectivity index is 2.14. The molecule has 0 saturated carbocycles. The second-order valence-corrected chi connectivity index (χ2v) is 4.79. The molecule has 1 aliphatic heterocycles. The van der Waals surface area contributed by atoms with Crippen LogP contribution in [0, 0.1) is 5.92 Å². The van der Waals surface area contributed by atoms with E-state index in [-0.39, 0.29) is 12.3 Å². The zero-order valence-electron chi connectivity index (χ0n) is 8.82. The standard InChI is InChI=1S/C10H18O3S/c1-3-14-7-9-4-5-10(12-6-9)13-8(2)11/h9-10H,3-7H2,1-2H3/t9-,10?/m1/s1. The molecule has 1 aliphatic rings. The third-order valence-corrected chi connectivity index (χ3v) is 3.30. The molecule has 2 atom stereocenters. The molecule has 0 aliphatic carbocycles. The molecule has 0 aromatic heterocycles. The van der Waals surface area contributed by atoms with Gasteiger partial charge in [-0.1, -0.05) is 6.92 Å². The predicted octanol–water partition coefficient (Wildman–Crippen LogP) is 2.06. The van der Waals surface area contributed by atoms with Crippen LogP contribution in [-0.2, 0) is 14.3 Å². The molecule has 1 unspecified atom stereocenters. The van der Waals surface area contributed by atoms with Crippen molar-refractivity contribution in [2.75, 3.05) is 18.1 Å². The third-order valence-electron chi connectivity index (χ3n) is 2.18. The Kier molecular flexibility index (Phi) is 5.33. The van der Waals surface area contributed by atoms with E-state index in [1.165, 1.54) is 6.92 Å². The number of hydrogen-bond acceptors (Lipinski definition) is 4. The van der Waals surface area contributed by atoms with Crippen molar-refractivity contribution >= 4 is 17.7 Å². The fourth-order valence-corrected chi connectivity index (χ4v) is 2.31. The van der Waals surface area contributed by atoms with Crippen molar-refractivity contribution in [3.8, 4) is 0 Å². The Morgan fingerprint density at radius 2 is 2.36 bits per heavy atom. The van der Waals surface area contributed by atoms with Crippen LogP contribution in [0.4, 0.5) is 0 Å². The number of esters is 1. The molecular weight excluding hydrogens is 200 g/mol. The minimum absolute atomic E-state index is 0.253. The first-order valence-corrected chi connectivity index (χ1v) is 6.24. The van der Waals surface area contributed by atoms with E-state index in [4.69, 9.17) is 9.47 Å². The summed E-state index contributed by atoms with van der Waals surface area (Å²) < 4.78 is 10.4. The van der Waals surface area contributed by atoms with E-state index in [0.717, 1.165) is 31.0 Å². The van der Waals surface area contributed by atoms with Crippen LogP contribution < -0.4 is 0 Å². The van der Waals surface area contributed by atoms with Crippen LogP contribution in [-0.4, -0.2) is 30.4 Å². The van der Waals surface area contributed by atoms with Gasteiger partial charge in [0.2, 0.25) is 6.29 Å². The molecule has 0 radical (unpaired) electrons. The number of rotatable bonds is 4. The van der Waals surface area contributed by atoms with Crippen molar-refractivity contribution in [3.05, 3.63) is 0 Å². The smallest absolute Gasteiger partial charge is 0.304 e. The summed E-state index contributed by atoms with van der Waals surface area (Å²) in [5.41, 5.74) is 0. The first-order valence-electron chi connectivity index (χ1n) is 5.09. The Labute approximate surface area is 89.5 Å². The van der Waals surface area contributed by atoms with Gasteiger partial charge in [-0.05, 0) is 23.8 Å². The normalized spacial score (nSPS) is 27.3.